The van der Waals surface area contributed by atoms with Crippen molar-refractivity contribution in [3.05, 3.63) is 250 Å². The van der Waals surface area contributed by atoms with Crippen LogP contribution in [0.25, 0.3) is 33.4 Å². The molecular weight excluding hydrogens is 1120 g/mol. The summed E-state index contributed by atoms with van der Waals surface area (Å²) in [5, 5.41) is 8.25. The predicted molar refractivity (Wildman–Crippen MR) is 298 cm³/mol. The lowest BCUT2D eigenvalue weighted by atomic mass is 9.96. The molecule has 83 heavy (non-hydrogen) atoms. The average Bonchev–Trinajstić information content (AvgIpc) is 3.66. The summed E-state index contributed by atoms with van der Waals surface area (Å²) in [5.41, 5.74) is 2.24. The number of amides is 3. The van der Waals surface area contributed by atoms with Crippen LogP contribution in [0, 0.1) is 30.2 Å². The first-order valence-corrected chi connectivity index (χ1v) is 24.9. The molecule has 0 bridgehead atoms. The minimum Gasteiger partial charge on any atom is -0.496 e. The van der Waals surface area contributed by atoms with Gasteiger partial charge in [-0.25, -0.2) is 17.6 Å². The largest absolute Gasteiger partial charge is 0.496 e. The van der Waals surface area contributed by atoms with Crippen molar-refractivity contribution in [2.45, 2.75) is 19.3 Å². The van der Waals surface area contributed by atoms with Gasteiger partial charge in [0, 0.05) is 33.2 Å². The topological polar surface area (TPSA) is 115 Å². The van der Waals surface area contributed by atoms with Crippen LogP contribution in [-0.4, -0.2) is 39.1 Å². The van der Waals surface area contributed by atoms with Gasteiger partial charge in [-0.1, -0.05) is 83.9 Å². The van der Waals surface area contributed by atoms with Crippen LogP contribution in [0.5, 0.6) is 17.2 Å². The van der Waals surface area contributed by atoms with E-state index in [-0.39, 0.29) is 27.9 Å². The van der Waals surface area contributed by atoms with Gasteiger partial charge in [-0.2, -0.15) is 26.3 Å². The number of carbonyl (C=O) groups excluding carboxylic acids is 3. The lowest BCUT2D eigenvalue weighted by molar-refractivity contribution is -0.141. The standard InChI is InChI=1S/C22H15F6NO2.C21H17F2NO2.C20H14ClF2NO2/c1-31-19-5-3-2-4-16(19)20(30)29-15-9-6-13(7-10-15)17-12-14(21(23,24)25)8-11-18(17)22(26,27)28;1-13-6-11-19(26-2)17(12-13)14-7-9-15(10-8-14)24-21(25)16-4-3-5-18(22)20(16)23;1-26-18-10-7-13(21)11-16(18)12-5-8-14(9-6-12)24-20(25)15-3-2-4-17(22)19(15)23/h2-12H,1H3,(H,29,30);3-12H,1-2H3,(H,24,25);2-11H,1H3,(H,24,25). The highest BCUT2D eigenvalue weighted by Gasteiger charge is 2.37. The SMILES string of the molecule is COc1ccc(C)cc1-c1ccc(NC(=O)c2cccc(F)c2F)cc1.COc1ccc(Cl)cc1-c1ccc(NC(=O)c2cccc(F)c2F)cc1.COc1ccccc1C(=O)Nc1ccc(-c2cc(C(F)(F)F)ccc2C(F)(F)F)cc1. The summed E-state index contributed by atoms with van der Waals surface area (Å²) in [6, 6.07) is 44.7. The molecule has 0 aliphatic rings. The second kappa shape index (κ2) is 26.8. The number of nitrogens with one attached hydrogen (secondary N) is 3. The Balaban J connectivity index is 0.000000180. The van der Waals surface area contributed by atoms with E-state index in [0.717, 1.165) is 45.7 Å². The van der Waals surface area contributed by atoms with Gasteiger partial charge in [0.15, 0.2) is 23.3 Å². The fourth-order valence-electron chi connectivity index (χ4n) is 8.15. The highest BCUT2D eigenvalue weighted by atomic mass is 35.5. The first-order chi connectivity index (χ1) is 39.5. The van der Waals surface area contributed by atoms with E-state index in [4.69, 9.17) is 25.8 Å². The smallest absolute Gasteiger partial charge is 0.417 e. The molecule has 9 nitrogen and oxygen atoms in total. The number of hydrogen-bond donors (Lipinski definition) is 3. The third-order valence-electron chi connectivity index (χ3n) is 12.3. The van der Waals surface area contributed by atoms with Crippen LogP contribution in [0.4, 0.5) is 61.0 Å². The molecule has 0 heterocycles. The first kappa shape index (κ1) is 61.0. The van der Waals surface area contributed by atoms with Crippen LogP contribution < -0.4 is 30.2 Å². The van der Waals surface area contributed by atoms with Gasteiger partial charge >= 0.3 is 12.4 Å². The number of rotatable bonds is 12. The Morgan fingerprint density at radius 1 is 0.410 bits per heavy atom. The molecule has 0 saturated heterocycles. The van der Waals surface area contributed by atoms with Crippen molar-refractivity contribution in [2.24, 2.45) is 0 Å². The van der Waals surface area contributed by atoms with Crippen LogP contribution in [0.1, 0.15) is 47.8 Å². The Morgan fingerprint density at radius 3 is 1.27 bits per heavy atom. The third-order valence-corrected chi connectivity index (χ3v) is 12.5. The molecule has 426 valence electrons. The Bertz CT molecular complexity index is 3630. The molecule has 0 atom stereocenters. The molecule has 0 spiro atoms. The molecule has 0 aliphatic carbocycles. The highest BCUT2D eigenvalue weighted by Crippen LogP contribution is 2.41. The van der Waals surface area contributed by atoms with Crippen LogP contribution >= 0.6 is 11.6 Å². The fourth-order valence-corrected chi connectivity index (χ4v) is 8.32. The summed E-state index contributed by atoms with van der Waals surface area (Å²) < 4.78 is 149. The van der Waals surface area contributed by atoms with E-state index in [2.05, 4.69) is 16.0 Å². The van der Waals surface area contributed by atoms with Crippen molar-refractivity contribution in [1.82, 2.24) is 0 Å². The number of para-hydroxylation sites is 1. The van der Waals surface area contributed by atoms with Gasteiger partial charge in [0.2, 0.25) is 0 Å². The molecule has 0 unspecified atom stereocenters. The van der Waals surface area contributed by atoms with E-state index >= 15 is 0 Å². The Morgan fingerprint density at radius 2 is 0.819 bits per heavy atom. The van der Waals surface area contributed by atoms with Gasteiger partial charge in [0.05, 0.1) is 49.1 Å². The fraction of sp³-hybridized carbons (Fsp3) is 0.0952. The molecule has 0 radical (unpaired) electrons. The van der Waals surface area contributed by atoms with Crippen LogP contribution in [0.15, 0.2) is 188 Å². The summed E-state index contributed by atoms with van der Waals surface area (Å²) in [5.74, 6) is -4.67. The molecule has 3 N–H and O–H groups in total. The number of methoxy groups -OCH3 is 3. The van der Waals surface area contributed by atoms with Crippen molar-refractivity contribution < 1.29 is 72.5 Å². The zero-order valence-electron chi connectivity index (χ0n) is 44.0. The van der Waals surface area contributed by atoms with Crippen LogP contribution in [-0.2, 0) is 12.4 Å². The van der Waals surface area contributed by atoms with Crippen molar-refractivity contribution in [1.29, 1.82) is 0 Å². The molecule has 0 aromatic heterocycles. The number of hydrogen-bond acceptors (Lipinski definition) is 6. The molecule has 0 aliphatic heterocycles. The lowest BCUT2D eigenvalue weighted by Crippen LogP contribution is -2.14. The monoisotopic (exact) mass is 1170 g/mol. The Kier molecular flexibility index (Phi) is 19.7. The van der Waals surface area contributed by atoms with Crippen molar-refractivity contribution in [3.63, 3.8) is 0 Å². The molecule has 20 heteroatoms. The molecule has 9 aromatic rings. The van der Waals surface area contributed by atoms with Crippen LogP contribution in [0.2, 0.25) is 5.02 Å². The second-order valence-corrected chi connectivity index (χ2v) is 18.2. The molecule has 0 fully saturated rings. The molecule has 0 saturated carbocycles. The van der Waals surface area contributed by atoms with Crippen molar-refractivity contribution in [2.75, 3.05) is 37.3 Å². The van der Waals surface area contributed by atoms with E-state index < -0.39 is 70.0 Å². The maximum atomic E-state index is 13.7. The zero-order valence-corrected chi connectivity index (χ0v) is 44.8. The highest BCUT2D eigenvalue weighted by molar-refractivity contribution is 6.31. The number of ether oxygens (including phenoxy) is 3. The average molecular weight is 1170 g/mol. The van der Waals surface area contributed by atoms with E-state index in [0.29, 0.717) is 46.1 Å². The molecular formula is C63H46ClF10N3O6. The minimum atomic E-state index is -4.84. The minimum absolute atomic E-state index is 0.0753. The van der Waals surface area contributed by atoms with E-state index in [9.17, 15) is 58.3 Å². The number of carbonyl (C=O) groups is 3. The molecule has 9 aromatic carbocycles. The predicted octanol–water partition coefficient (Wildman–Crippen LogP) is 17.4. The lowest BCUT2D eigenvalue weighted by Gasteiger charge is -2.16. The van der Waals surface area contributed by atoms with Gasteiger partial charge in [-0.05, 0) is 151 Å². The van der Waals surface area contributed by atoms with Crippen molar-refractivity contribution >= 4 is 46.4 Å². The van der Waals surface area contributed by atoms with Gasteiger partial charge in [0.1, 0.15) is 17.2 Å². The zero-order chi connectivity index (χ0) is 60.2. The van der Waals surface area contributed by atoms with E-state index in [1.54, 1.807) is 87.0 Å². The number of halogens is 11. The number of alkyl halides is 6. The van der Waals surface area contributed by atoms with E-state index in [1.165, 1.54) is 61.7 Å². The number of anilines is 3. The van der Waals surface area contributed by atoms with Gasteiger partial charge < -0.3 is 30.2 Å². The van der Waals surface area contributed by atoms with Crippen LogP contribution in [0.3, 0.4) is 0 Å². The van der Waals surface area contributed by atoms with Gasteiger partial charge in [0.25, 0.3) is 17.7 Å². The summed E-state index contributed by atoms with van der Waals surface area (Å²) in [7, 11) is 4.57. The number of aryl methyl sites for hydroxylation is 1. The maximum absolute atomic E-state index is 13.7. The van der Waals surface area contributed by atoms with Crippen molar-refractivity contribution in [3.8, 4) is 50.6 Å². The summed E-state index contributed by atoms with van der Waals surface area (Å²) in [6.45, 7) is 1.99. The first-order valence-electron chi connectivity index (χ1n) is 24.5. The normalized spacial score (nSPS) is 11.0. The quantitative estimate of drug-likeness (QED) is 0.105. The summed E-state index contributed by atoms with van der Waals surface area (Å²) in [6.07, 6.45) is -9.63. The second-order valence-electron chi connectivity index (χ2n) is 17.8. The maximum Gasteiger partial charge on any atom is 0.417 e. The third kappa shape index (κ3) is 15.4. The molecule has 3 amide bonds. The van der Waals surface area contributed by atoms with E-state index in [1.807, 2.05) is 37.3 Å². The number of benzene rings is 9. The Hall–Kier alpha value is -9.62. The summed E-state index contributed by atoms with van der Waals surface area (Å²) in [4.78, 5) is 36.7. The Labute approximate surface area is 474 Å². The van der Waals surface area contributed by atoms with Gasteiger partial charge in [-0.15, -0.1) is 0 Å². The summed E-state index contributed by atoms with van der Waals surface area (Å²) >= 11 is 6.04. The van der Waals surface area contributed by atoms with Gasteiger partial charge in [-0.3, -0.25) is 14.4 Å². The molecule has 9 rings (SSSR count).